The van der Waals surface area contributed by atoms with Crippen LogP contribution in [0.3, 0.4) is 0 Å². The Morgan fingerprint density at radius 1 is 1.47 bits per heavy atom. The van der Waals surface area contributed by atoms with Crippen molar-refractivity contribution in [2.45, 2.75) is 19.8 Å². The quantitative estimate of drug-likeness (QED) is 0.878. The minimum Gasteiger partial charge on any atom is -0.478 e. The Balaban J connectivity index is 2.42. The molecule has 0 bridgehead atoms. The highest BCUT2D eigenvalue weighted by Crippen LogP contribution is 2.14. The van der Waals surface area contributed by atoms with Gasteiger partial charge in [0.15, 0.2) is 0 Å². The van der Waals surface area contributed by atoms with Crippen molar-refractivity contribution in [2.75, 3.05) is 0 Å². The molecule has 17 heavy (non-hydrogen) atoms. The number of carboxylic acid groups (broad SMARTS) is 1. The molecule has 0 spiro atoms. The van der Waals surface area contributed by atoms with Gasteiger partial charge < -0.3 is 9.67 Å². The number of nitrogens with zero attached hydrogens (tertiary/aromatic N) is 2. The standard InChI is InChI=1S/C13H14N2O2/c1-2-4-12-14-7-8-15(12)11-6-3-5-10(9-11)13(16)17/h3,5-9H,2,4H2,1H3,(H,16,17). The molecule has 2 aromatic rings. The molecule has 4 heteroatoms. The summed E-state index contributed by atoms with van der Waals surface area (Å²) in [6.07, 6.45) is 5.48. The molecule has 2 rings (SSSR count). The smallest absolute Gasteiger partial charge is 0.335 e. The highest BCUT2D eigenvalue weighted by Gasteiger charge is 2.07. The lowest BCUT2D eigenvalue weighted by molar-refractivity contribution is 0.0697. The molecule has 0 amide bonds. The van der Waals surface area contributed by atoms with Crippen LogP contribution in [0.4, 0.5) is 0 Å². The minimum absolute atomic E-state index is 0.290. The van der Waals surface area contributed by atoms with Crippen molar-refractivity contribution in [3.63, 3.8) is 0 Å². The Morgan fingerprint density at radius 3 is 3.00 bits per heavy atom. The monoisotopic (exact) mass is 230 g/mol. The molecule has 1 aromatic carbocycles. The molecule has 0 aliphatic heterocycles. The number of imidazole rings is 1. The number of hydrogen-bond donors (Lipinski definition) is 1. The predicted molar refractivity (Wildman–Crippen MR) is 64.5 cm³/mol. The fraction of sp³-hybridized carbons (Fsp3) is 0.231. The molecule has 0 fully saturated rings. The predicted octanol–water partition coefficient (Wildman–Crippen LogP) is 2.52. The molecule has 0 aliphatic rings. The van der Waals surface area contributed by atoms with Crippen LogP contribution in [0.5, 0.6) is 0 Å². The Labute approximate surface area is 99.5 Å². The Hall–Kier alpha value is -2.10. The van der Waals surface area contributed by atoms with E-state index in [0.29, 0.717) is 5.56 Å². The van der Waals surface area contributed by atoms with E-state index in [0.717, 1.165) is 24.4 Å². The first-order valence-corrected chi connectivity index (χ1v) is 5.58. The van der Waals surface area contributed by atoms with Crippen LogP contribution in [0, 0.1) is 0 Å². The summed E-state index contributed by atoms with van der Waals surface area (Å²) in [7, 11) is 0. The zero-order chi connectivity index (χ0) is 12.3. The van der Waals surface area contributed by atoms with E-state index in [-0.39, 0.29) is 0 Å². The number of rotatable bonds is 4. The van der Waals surface area contributed by atoms with Crippen molar-refractivity contribution in [3.8, 4) is 5.69 Å². The molecule has 0 saturated carbocycles. The number of aryl methyl sites for hydroxylation is 1. The van der Waals surface area contributed by atoms with Crippen molar-refractivity contribution in [1.29, 1.82) is 0 Å². The van der Waals surface area contributed by atoms with Gasteiger partial charge in [-0.3, -0.25) is 0 Å². The van der Waals surface area contributed by atoms with E-state index in [1.807, 2.05) is 16.8 Å². The summed E-state index contributed by atoms with van der Waals surface area (Å²) in [4.78, 5) is 15.2. The lowest BCUT2D eigenvalue weighted by Gasteiger charge is -2.07. The molecule has 0 saturated heterocycles. The van der Waals surface area contributed by atoms with Crippen molar-refractivity contribution < 1.29 is 9.90 Å². The van der Waals surface area contributed by atoms with Gasteiger partial charge in [-0.05, 0) is 24.6 Å². The Bertz CT molecular complexity index is 532. The number of hydrogen-bond acceptors (Lipinski definition) is 2. The van der Waals surface area contributed by atoms with Gasteiger partial charge in [0.05, 0.1) is 5.56 Å². The van der Waals surface area contributed by atoms with E-state index in [1.165, 1.54) is 0 Å². The molecule has 1 heterocycles. The number of carbonyl (C=O) groups is 1. The average molecular weight is 230 g/mol. The number of benzene rings is 1. The van der Waals surface area contributed by atoms with Crippen LogP contribution >= 0.6 is 0 Å². The highest BCUT2D eigenvalue weighted by molar-refractivity contribution is 5.88. The maximum atomic E-state index is 10.9. The number of aromatic carboxylic acids is 1. The molecule has 1 N–H and O–H groups in total. The Kier molecular flexibility index (Phi) is 3.23. The maximum Gasteiger partial charge on any atom is 0.335 e. The molecule has 88 valence electrons. The summed E-state index contributed by atoms with van der Waals surface area (Å²) < 4.78 is 1.93. The van der Waals surface area contributed by atoms with Crippen LogP contribution in [0.2, 0.25) is 0 Å². The molecule has 0 unspecified atom stereocenters. The molecular formula is C13H14N2O2. The van der Waals surface area contributed by atoms with Crippen LogP contribution in [0.25, 0.3) is 5.69 Å². The van der Waals surface area contributed by atoms with Crippen LogP contribution < -0.4 is 0 Å². The molecular weight excluding hydrogens is 216 g/mol. The summed E-state index contributed by atoms with van der Waals surface area (Å²) >= 11 is 0. The second-order valence-electron chi connectivity index (χ2n) is 3.82. The first kappa shape index (κ1) is 11.4. The summed E-state index contributed by atoms with van der Waals surface area (Å²) in [5.74, 6) is 0.0408. The van der Waals surface area contributed by atoms with E-state index in [2.05, 4.69) is 11.9 Å². The zero-order valence-electron chi connectivity index (χ0n) is 9.63. The molecule has 1 aromatic heterocycles. The second-order valence-corrected chi connectivity index (χ2v) is 3.82. The second kappa shape index (κ2) is 4.82. The third kappa shape index (κ3) is 2.36. The molecule has 0 aliphatic carbocycles. The maximum absolute atomic E-state index is 10.9. The summed E-state index contributed by atoms with van der Waals surface area (Å²) in [5, 5.41) is 8.95. The van der Waals surface area contributed by atoms with Crippen LogP contribution in [-0.2, 0) is 6.42 Å². The lowest BCUT2D eigenvalue weighted by atomic mass is 10.2. The van der Waals surface area contributed by atoms with Crippen molar-refractivity contribution in [1.82, 2.24) is 9.55 Å². The summed E-state index contributed by atoms with van der Waals surface area (Å²) in [6, 6.07) is 6.87. The van der Waals surface area contributed by atoms with Gasteiger partial charge in [-0.2, -0.15) is 0 Å². The summed E-state index contributed by atoms with van der Waals surface area (Å²) in [5.41, 5.74) is 1.13. The third-order valence-corrected chi connectivity index (χ3v) is 2.56. The van der Waals surface area contributed by atoms with E-state index < -0.39 is 5.97 Å². The van der Waals surface area contributed by atoms with Gasteiger partial charge in [-0.25, -0.2) is 9.78 Å². The first-order chi connectivity index (χ1) is 8.22. The lowest BCUT2D eigenvalue weighted by Crippen LogP contribution is -2.02. The van der Waals surface area contributed by atoms with Gasteiger partial charge in [0.1, 0.15) is 5.82 Å². The van der Waals surface area contributed by atoms with Gasteiger partial charge in [0, 0.05) is 24.5 Å². The fourth-order valence-electron chi connectivity index (χ4n) is 1.77. The van der Waals surface area contributed by atoms with E-state index in [1.54, 1.807) is 24.4 Å². The van der Waals surface area contributed by atoms with Crippen LogP contribution in [-0.4, -0.2) is 20.6 Å². The van der Waals surface area contributed by atoms with Crippen LogP contribution in [0.1, 0.15) is 29.5 Å². The zero-order valence-corrected chi connectivity index (χ0v) is 9.63. The van der Waals surface area contributed by atoms with Crippen molar-refractivity contribution in [2.24, 2.45) is 0 Å². The van der Waals surface area contributed by atoms with E-state index >= 15 is 0 Å². The molecule has 4 nitrogen and oxygen atoms in total. The van der Waals surface area contributed by atoms with Gasteiger partial charge in [-0.1, -0.05) is 13.0 Å². The van der Waals surface area contributed by atoms with Gasteiger partial charge in [-0.15, -0.1) is 0 Å². The normalized spacial score (nSPS) is 10.4. The van der Waals surface area contributed by atoms with Gasteiger partial charge in [0.25, 0.3) is 0 Å². The fourth-order valence-corrected chi connectivity index (χ4v) is 1.77. The Morgan fingerprint density at radius 2 is 2.29 bits per heavy atom. The average Bonchev–Trinajstić information content (AvgIpc) is 2.78. The number of carboxylic acids is 1. The largest absolute Gasteiger partial charge is 0.478 e. The van der Waals surface area contributed by atoms with Gasteiger partial charge >= 0.3 is 5.97 Å². The third-order valence-electron chi connectivity index (χ3n) is 2.56. The minimum atomic E-state index is -0.913. The molecule has 0 radical (unpaired) electrons. The van der Waals surface area contributed by atoms with E-state index in [9.17, 15) is 4.79 Å². The highest BCUT2D eigenvalue weighted by atomic mass is 16.4. The topological polar surface area (TPSA) is 55.1 Å². The van der Waals surface area contributed by atoms with Gasteiger partial charge in [0.2, 0.25) is 0 Å². The molecule has 0 atom stereocenters. The summed E-state index contributed by atoms with van der Waals surface area (Å²) in [6.45, 7) is 2.09. The van der Waals surface area contributed by atoms with E-state index in [4.69, 9.17) is 5.11 Å². The van der Waals surface area contributed by atoms with Crippen LogP contribution in [0.15, 0.2) is 36.7 Å². The van der Waals surface area contributed by atoms with Crippen molar-refractivity contribution >= 4 is 5.97 Å². The number of aromatic nitrogens is 2. The SMILES string of the molecule is CCCc1nccn1-c1cccc(C(=O)O)c1. The van der Waals surface area contributed by atoms with Crippen molar-refractivity contribution in [3.05, 3.63) is 48.0 Å². The first-order valence-electron chi connectivity index (χ1n) is 5.58.